The van der Waals surface area contributed by atoms with Crippen LogP contribution in [0.25, 0.3) is 0 Å². The van der Waals surface area contributed by atoms with Crippen LogP contribution in [0.3, 0.4) is 0 Å². The summed E-state index contributed by atoms with van der Waals surface area (Å²) in [5.74, 6) is 0.637. The van der Waals surface area contributed by atoms with Crippen LogP contribution in [0.5, 0.6) is 0 Å². The fourth-order valence-corrected chi connectivity index (χ4v) is 1.67. The zero-order chi connectivity index (χ0) is 10.6. The maximum absolute atomic E-state index is 4.50. The lowest BCUT2D eigenvalue weighted by atomic mass is 10.0. The van der Waals surface area contributed by atoms with E-state index < -0.39 is 0 Å². The fraction of sp³-hybridized carbons (Fsp3) is 0.500. The van der Waals surface area contributed by atoms with Gasteiger partial charge in [-0.25, -0.2) is 0 Å². The second-order valence-corrected chi connectivity index (χ2v) is 3.75. The zero-order valence-corrected chi connectivity index (χ0v) is 9.30. The molecule has 1 aromatic rings. The summed E-state index contributed by atoms with van der Waals surface area (Å²) in [4.78, 5) is 0. The quantitative estimate of drug-likeness (QED) is 0.717. The molecule has 0 aromatic heterocycles. The van der Waals surface area contributed by atoms with Crippen LogP contribution in [0, 0.1) is 0 Å². The molecule has 2 rings (SSSR count). The van der Waals surface area contributed by atoms with E-state index >= 15 is 0 Å². The van der Waals surface area contributed by atoms with Crippen molar-refractivity contribution in [3.63, 3.8) is 0 Å². The predicted molar refractivity (Wildman–Crippen MR) is 62.8 cm³/mol. The SMILES string of the molecule is CC(C)c1ccc2c(c1)NCC2.CN. The average Bonchev–Trinajstić information content (AvgIpc) is 2.67. The number of anilines is 1. The molecule has 0 saturated heterocycles. The molecule has 0 amide bonds. The minimum Gasteiger partial charge on any atom is -0.384 e. The average molecular weight is 192 g/mol. The normalized spacial score (nSPS) is 12.9. The maximum Gasteiger partial charge on any atom is 0.0376 e. The largest absolute Gasteiger partial charge is 0.384 e. The summed E-state index contributed by atoms with van der Waals surface area (Å²) in [7, 11) is 1.50. The first-order valence-electron chi connectivity index (χ1n) is 5.22. The van der Waals surface area contributed by atoms with Crippen LogP contribution >= 0.6 is 0 Å². The molecule has 0 atom stereocenters. The van der Waals surface area contributed by atoms with Crippen molar-refractivity contribution in [2.75, 3.05) is 18.9 Å². The Labute approximate surface area is 86.5 Å². The highest BCUT2D eigenvalue weighted by atomic mass is 14.9. The molecule has 78 valence electrons. The molecule has 0 radical (unpaired) electrons. The van der Waals surface area contributed by atoms with E-state index in [9.17, 15) is 0 Å². The van der Waals surface area contributed by atoms with Gasteiger partial charge in [-0.1, -0.05) is 26.0 Å². The standard InChI is InChI=1S/C11H15N.CH5N/c1-8(2)10-4-3-9-5-6-12-11(9)7-10;1-2/h3-4,7-8,12H,5-6H2,1-2H3;2H2,1H3. The van der Waals surface area contributed by atoms with Crippen LogP contribution in [0.1, 0.15) is 30.9 Å². The molecule has 14 heavy (non-hydrogen) atoms. The highest BCUT2D eigenvalue weighted by Gasteiger charge is 2.10. The predicted octanol–water partition coefficient (Wildman–Crippen LogP) is 2.35. The third-order valence-electron chi connectivity index (χ3n) is 2.51. The van der Waals surface area contributed by atoms with Crippen molar-refractivity contribution < 1.29 is 0 Å². The van der Waals surface area contributed by atoms with Gasteiger partial charge in [0, 0.05) is 12.2 Å². The second-order valence-electron chi connectivity index (χ2n) is 3.75. The summed E-state index contributed by atoms with van der Waals surface area (Å²) < 4.78 is 0. The van der Waals surface area contributed by atoms with Crippen molar-refractivity contribution in [3.8, 4) is 0 Å². The molecule has 1 aliphatic rings. The molecule has 0 fully saturated rings. The van der Waals surface area contributed by atoms with Gasteiger partial charge in [-0.3, -0.25) is 0 Å². The number of benzene rings is 1. The van der Waals surface area contributed by atoms with Gasteiger partial charge in [0.25, 0.3) is 0 Å². The van der Waals surface area contributed by atoms with Gasteiger partial charge < -0.3 is 11.1 Å². The van der Waals surface area contributed by atoms with Crippen molar-refractivity contribution in [3.05, 3.63) is 29.3 Å². The molecule has 1 heterocycles. The van der Waals surface area contributed by atoms with Crippen LogP contribution in [0.4, 0.5) is 5.69 Å². The number of hydrogen-bond acceptors (Lipinski definition) is 2. The van der Waals surface area contributed by atoms with Crippen LogP contribution in [-0.4, -0.2) is 13.6 Å². The number of nitrogens with one attached hydrogen (secondary N) is 1. The van der Waals surface area contributed by atoms with E-state index in [1.807, 2.05) is 0 Å². The Kier molecular flexibility index (Phi) is 3.96. The van der Waals surface area contributed by atoms with E-state index in [1.54, 1.807) is 0 Å². The van der Waals surface area contributed by atoms with E-state index in [0.29, 0.717) is 5.92 Å². The van der Waals surface area contributed by atoms with Crippen molar-refractivity contribution in [2.24, 2.45) is 5.73 Å². The summed E-state index contributed by atoms with van der Waals surface area (Å²) in [6.45, 7) is 5.57. The number of rotatable bonds is 1. The first-order chi connectivity index (χ1) is 6.77. The van der Waals surface area contributed by atoms with Gasteiger partial charge in [-0.05, 0) is 36.6 Å². The van der Waals surface area contributed by atoms with Crippen LogP contribution in [0.15, 0.2) is 18.2 Å². The molecule has 2 heteroatoms. The van der Waals surface area contributed by atoms with Gasteiger partial charge >= 0.3 is 0 Å². The first kappa shape index (κ1) is 11.1. The smallest absolute Gasteiger partial charge is 0.0376 e. The van der Waals surface area contributed by atoms with Gasteiger partial charge in [-0.2, -0.15) is 0 Å². The summed E-state index contributed by atoms with van der Waals surface area (Å²) in [6.07, 6.45) is 1.19. The van der Waals surface area contributed by atoms with Crippen molar-refractivity contribution in [1.82, 2.24) is 0 Å². The molecule has 0 spiro atoms. The lowest BCUT2D eigenvalue weighted by molar-refractivity contribution is 0.867. The third kappa shape index (κ3) is 2.26. The Morgan fingerprint density at radius 2 is 2.00 bits per heavy atom. The van der Waals surface area contributed by atoms with Crippen LogP contribution < -0.4 is 11.1 Å². The van der Waals surface area contributed by atoms with Gasteiger partial charge in [0.2, 0.25) is 0 Å². The molecule has 0 unspecified atom stereocenters. The Morgan fingerprint density at radius 3 is 2.64 bits per heavy atom. The Hall–Kier alpha value is -1.02. The second kappa shape index (κ2) is 5.01. The molecular weight excluding hydrogens is 172 g/mol. The van der Waals surface area contributed by atoms with Crippen molar-refractivity contribution in [1.29, 1.82) is 0 Å². The Balaban J connectivity index is 0.000000461. The summed E-state index contributed by atoms with van der Waals surface area (Å²) >= 11 is 0. The highest BCUT2D eigenvalue weighted by Crippen LogP contribution is 2.26. The van der Waals surface area contributed by atoms with Crippen molar-refractivity contribution in [2.45, 2.75) is 26.2 Å². The topological polar surface area (TPSA) is 38.0 Å². The van der Waals surface area contributed by atoms with Crippen molar-refractivity contribution >= 4 is 5.69 Å². The molecule has 0 aliphatic carbocycles. The van der Waals surface area contributed by atoms with Crippen LogP contribution in [-0.2, 0) is 6.42 Å². The minimum atomic E-state index is 0.637. The third-order valence-corrected chi connectivity index (χ3v) is 2.51. The molecule has 2 nitrogen and oxygen atoms in total. The number of nitrogens with two attached hydrogens (primary N) is 1. The monoisotopic (exact) mass is 192 g/mol. The highest BCUT2D eigenvalue weighted by molar-refractivity contribution is 5.57. The number of hydrogen-bond donors (Lipinski definition) is 2. The molecule has 3 N–H and O–H groups in total. The summed E-state index contributed by atoms with van der Waals surface area (Å²) in [6, 6.07) is 6.79. The molecule has 0 bridgehead atoms. The summed E-state index contributed by atoms with van der Waals surface area (Å²) in [5.41, 5.74) is 8.75. The Morgan fingerprint density at radius 1 is 1.29 bits per heavy atom. The first-order valence-corrected chi connectivity index (χ1v) is 5.22. The molecule has 0 saturated carbocycles. The molecule has 1 aromatic carbocycles. The lowest BCUT2D eigenvalue weighted by Crippen LogP contribution is -1.92. The summed E-state index contributed by atoms with van der Waals surface area (Å²) in [5, 5.41) is 3.40. The van der Waals surface area contributed by atoms with E-state index in [1.165, 1.54) is 30.3 Å². The van der Waals surface area contributed by atoms with E-state index in [2.05, 4.69) is 43.1 Å². The van der Waals surface area contributed by atoms with Gasteiger partial charge in [0.1, 0.15) is 0 Å². The van der Waals surface area contributed by atoms with Gasteiger partial charge in [0.15, 0.2) is 0 Å². The fourth-order valence-electron chi connectivity index (χ4n) is 1.67. The van der Waals surface area contributed by atoms with E-state index in [4.69, 9.17) is 0 Å². The van der Waals surface area contributed by atoms with E-state index in [0.717, 1.165) is 6.54 Å². The van der Waals surface area contributed by atoms with Crippen LogP contribution in [0.2, 0.25) is 0 Å². The van der Waals surface area contributed by atoms with E-state index in [-0.39, 0.29) is 0 Å². The minimum absolute atomic E-state index is 0.637. The zero-order valence-electron chi connectivity index (χ0n) is 9.30. The lowest BCUT2D eigenvalue weighted by Gasteiger charge is -2.07. The maximum atomic E-state index is 4.50. The Bertz CT molecular complexity index is 292. The molecule has 1 aliphatic heterocycles. The number of fused-ring (bicyclic) bond motifs is 1. The van der Waals surface area contributed by atoms with Gasteiger partial charge in [0.05, 0.1) is 0 Å². The molecular formula is C12H20N2. The van der Waals surface area contributed by atoms with Gasteiger partial charge in [-0.15, -0.1) is 0 Å².